The molecule has 1 aliphatic heterocycles. The van der Waals surface area contributed by atoms with Crippen molar-refractivity contribution in [2.24, 2.45) is 0 Å². The lowest BCUT2D eigenvalue weighted by molar-refractivity contribution is 0.475. The average molecular weight is 324 g/mol. The van der Waals surface area contributed by atoms with Gasteiger partial charge in [0.1, 0.15) is 12.1 Å². The van der Waals surface area contributed by atoms with Crippen LogP contribution in [0.2, 0.25) is 0 Å². The molecule has 6 nitrogen and oxygen atoms in total. The van der Waals surface area contributed by atoms with E-state index in [4.69, 9.17) is 0 Å². The van der Waals surface area contributed by atoms with Crippen molar-refractivity contribution in [3.05, 3.63) is 36.0 Å². The first-order valence-electron chi connectivity index (χ1n) is 8.79. The van der Waals surface area contributed by atoms with Gasteiger partial charge in [-0.2, -0.15) is 0 Å². The van der Waals surface area contributed by atoms with Crippen molar-refractivity contribution in [3.63, 3.8) is 0 Å². The number of nitrogens with zero attached hydrogens (tertiary/aromatic N) is 6. The number of aryl methyl sites for hydroxylation is 1. The molecule has 0 amide bonds. The molecule has 0 unspecified atom stereocenters. The van der Waals surface area contributed by atoms with Gasteiger partial charge in [0, 0.05) is 56.3 Å². The molecule has 0 spiro atoms. The Labute approximate surface area is 143 Å². The fourth-order valence-corrected chi connectivity index (χ4v) is 3.35. The maximum absolute atomic E-state index is 4.49. The molecule has 2 fully saturated rings. The summed E-state index contributed by atoms with van der Waals surface area (Å²) in [6, 6.07) is 2.67. The molecule has 3 heterocycles. The lowest BCUT2D eigenvalue weighted by Crippen LogP contribution is -2.44. The second-order valence-corrected chi connectivity index (χ2v) is 6.96. The minimum absolute atomic E-state index is 0.480. The third-order valence-electron chi connectivity index (χ3n) is 5.09. The molecule has 1 saturated carbocycles. The van der Waals surface area contributed by atoms with E-state index >= 15 is 0 Å². The van der Waals surface area contributed by atoms with Crippen molar-refractivity contribution >= 4 is 11.8 Å². The molecule has 4 rings (SSSR count). The molecule has 2 aromatic rings. The van der Waals surface area contributed by atoms with Gasteiger partial charge < -0.3 is 9.80 Å². The summed E-state index contributed by atoms with van der Waals surface area (Å²) in [5, 5.41) is 0. The number of piperidine rings is 1. The van der Waals surface area contributed by atoms with Crippen LogP contribution in [0.25, 0.3) is 0 Å². The Bertz CT molecular complexity index is 689. The first-order chi connectivity index (χ1) is 11.7. The third-order valence-corrected chi connectivity index (χ3v) is 5.09. The lowest BCUT2D eigenvalue weighted by atomic mass is 10.0. The van der Waals surface area contributed by atoms with Crippen molar-refractivity contribution in [1.29, 1.82) is 0 Å². The highest BCUT2D eigenvalue weighted by Crippen LogP contribution is 2.39. The summed E-state index contributed by atoms with van der Waals surface area (Å²) in [7, 11) is 2.10. The quantitative estimate of drug-likeness (QED) is 0.861. The van der Waals surface area contributed by atoms with Crippen LogP contribution in [-0.4, -0.2) is 46.1 Å². The monoisotopic (exact) mass is 324 g/mol. The van der Waals surface area contributed by atoms with E-state index in [0.29, 0.717) is 12.0 Å². The Morgan fingerprint density at radius 1 is 1.00 bits per heavy atom. The van der Waals surface area contributed by atoms with Crippen LogP contribution >= 0.6 is 0 Å². The molecule has 6 heteroatoms. The van der Waals surface area contributed by atoms with Gasteiger partial charge in [-0.3, -0.25) is 0 Å². The standard InChI is InChI=1S/C18H24N6/c1-13-10-19-18(20-11-13)23(2)15-5-7-24(8-6-15)17-9-16(14-3-4-14)21-12-22-17/h9-12,14-15H,3-8H2,1-2H3. The van der Waals surface area contributed by atoms with E-state index in [1.807, 2.05) is 19.3 Å². The molecule has 0 aromatic carbocycles. The summed E-state index contributed by atoms with van der Waals surface area (Å²) in [4.78, 5) is 22.4. The van der Waals surface area contributed by atoms with Crippen molar-refractivity contribution in [2.45, 2.75) is 44.6 Å². The van der Waals surface area contributed by atoms with Gasteiger partial charge in [-0.1, -0.05) is 0 Å². The van der Waals surface area contributed by atoms with Crippen molar-refractivity contribution in [3.8, 4) is 0 Å². The van der Waals surface area contributed by atoms with Crippen LogP contribution in [0.1, 0.15) is 42.9 Å². The van der Waals surface area contributed by atoms with Crippen LogP contribution in [0.15, 0.2) is 24.8 Å². The molecule has 0 radical (unpaired) electrons. The molecule has 0 N–H and O–H groups in total. The Morgan fingerprint density at radius 2 is 1.71 bits per heavy atom. The highest BCUT2D eigenvalue weighted by atomic mass is 15.3. The average Bonchev–Trinajstić information content (AvgIpc) is 3.47. The number of rotatable bonds is 4. The van der Waals surface area contributed by atoms with E-state index in [-0.39, 0.29) is 0 Å². The predicted octanol–water partition coefficient (Wildman–Crippen LogP) is 2.56. The first-order valence-corrected chi connectivity index (χ1v) is 8.79. The van der Waals surface area contributed by atoms with Gasteiger partial charge in [0.2, 0.25) is 5.95 Å². The van der Waals surface area contributed by atoms with Crippen molar-refractivity contribution < 1.29 is 0 Å². The maximum atomic E-state index is 4.49. The van der Waals surface area contributed by atoms with Crippen LogP contribution in [0.3, 0.4) is 0 Å². The molecule has 2 aromatic heterocycles. The van der Waals surface area contributed by atoms with Gasteiger partial charge in [0.15, 0.2) is 0 Å². The molecule has 126 valence electrons. The molecule has 1 saturated heterocycles. The zero-order valence-electron chi connectivity index (χ0n) is 14.4. The summed E-state index contributed by atoms with van der Waals surface area (Å²) in [5.41, 5.74) is 2.31. The molecule has 0 atom stereocenters. The number of hydrogen-bond donors (Lipinski definition) is 0. The largest absolute Gasteiger partial charge is 0.356 e. The summed E-state index contributed by atoms with van der Waals surface area (Å²) < 4.78 is 0. The van der Waals surface area contributed by atoms with Crippen LogP contribution in [-0.2, 0) is 0 Å². The minimum atomic E-state index is 0.480. The smallest absolute Gasteiger partial charge is 0.225 e. The summed E-state index contributed by atoms with van der Waals surface area (Å²) >= 11 is 0. The number of hydrogen-bond acceptors (Lipinski definition) is 6. The number of anilines is 2. The fraction of sp³-hybridized carbons (Fsp3) is 0.556. The van der Waals surface area contributed by atoms with Gasteiger partial charge in [0.25, 0.3) is 0 Å². The van der Waals surface area contributed by atoms with E-state index in [1.165, 1.54) is 18.5 Å². The predicted molar refractivity (Wildman–Crippen MR) is 94.4 cm³/mol. The molecule has 1 aliphatic carbocycles. The summed E-state index contributed by atoms with van der Waals surface area (Å²) in [5.74, 6) is 2.57. The van der Waals surface area contributed by atoms with Crippen LogP contribution in [0.4, 0.5) is 11.8 Å². The minimum Gasteiger partial charge on any atom is -0.356 e. The highest BCUT2D eigenvalue weighted by Gasteiger charge is 2.28. The maximum Gasteiger partial charge on any atom is 0.225 e. The Morgan fingerprint density at radius 3 is 2.38 bits per heavy atom. The summed E-state index contributed by atoms with van der Waals surface area (Å²) in [6.45, 7) is 4.05. The van der Waals surface area contributed by atoms with Crippen LogP contribution in [0, 0.1) is 6.92 Å². The van der Waals surface area contributed by atoms with Crippen LogP contribution < -0.4 is 9.80 Å². The second kappa shape index (κ2) is 6.34. The van der Waals surface area contributed by atoms with Gasteiger partial charge in [-0.25, -0.2) is 19.9 Å². The fourth-order valence-electron chi connectivity index (χ4n) is 3.35. The van der Waals surface area contributed by atoms with E-state index < -0.39 is 0 Å². The Balaban J connectivity index is 1.39. The molecule has 0 bridgehead atoms. The van der Waals surface area contributed by atoms with E-state index in [9.17, 15) is 0 Å². The lowest BCUT2D eigenvalue weighted by Gasteiger charge is -2.37. The third kappa shape index (κ3) is 3.18. The first kappa shape index (κ1) is 15.3. The Kier molecular flexibility index (Phi) is 4.04. The van der Waals surface area contributed by atoms with E-state index in [0.717, 1.165) is 43.3 Å². The normalized spacial score (nSPS) is 18.7. The van der Waals surface area contributed by atoms with Crippen LogP contribution in [0.5, 0.6) is 0 Å². The van der Waals surface area contributed by atoms with Gasteiger partial charge in [-0.05, 0) is 38.2 Å². The zero-order valence-corrected chi connectivity index (χ0v) is 14.4. The summed E-state index contributed by atoms with van der Waals surface area (Å²) in [6.07, 6.45) is 10.2. The molecular weight excluding hydrogens is 300 g/mol. The zero-order chi connectivity index (χ0) is 16.5. The van der Waals surface area contributed by atoms with Crippen molar-refractivity contribution in [1.82, 2.24) is 19.9 Å². The SMILES string of the molecule is Cc1cnc(N(C)C2CCN(c3cc(C4CC4)ncn3)CC2)nc1. The van der Waals surface area contributed by atoms with Gasteiger partial charge >= 0.3 is 0 Å². The van der Waals surface area contributed by atoms with Crippen molar-refractivity contribution in [2.75, 3.05) is 29.9 Å². The van der Waals surface area contributed by atoms with Gasteiger partial charge in [-0.15, -0.1) is 0 Å². The van der Waals surface area contributed by atoms with E-state index in [2.05, 4.69) is 42.8 Å². The molecule has 24 heavy (non-hydrogen) atoms. The molecular formula is C18H24N6. The second-order valence-electron chi connectivity index (χ2n) is 6.96. The molecule has 2 aliphatic rings. The number of aromatic nitrogens is 4. The Hall–Kier alpha value is -2.24. The highest BCUT2D eigenvalue weighted by molar-refractivity contribution is 5.41. The topological polar surface area (TPSA) is 58.0 Å². The van der Waals surface area contributed by atoms with Gasteiger partial charge in [0.05, 0.1) is 0 Å². The van der Waals surface area contributed by atoms with E-state index in [1.54, 1.807) is 6.33 Å².